The maximum Gasteiger partial charge on any atom is 0.191 e. The summed E-state index contributed by atoms with van der Waals surface area (Å²) >= 11 is 1.70. The molecule has 1 aromatic heterocycles. The minimum atomic E-state index is -3.14. The van der Waals surface area contributed by atoms with Crippen LogP contribution in [0.4, 0.5) is 0 Å². The molecule has 0 saturated heterocycles. The summed E-state index contributed by atoms with van der Waals surface area (Å²) in [6, 6.07) is 7.03. The minimum absolute atomic E-state index is 0.351. The van der Waals surface area contributed by atoms with E-state index in [-0.39, 0.29) is 0 Å². The smallest absolute Gasteiger partial charge is 0.191 e. The first-order valence-corrected chi connectivity index (χ1v) is 11.9. The van der Waals surface area contributed by atoms with Crippen molar-refractivity contribution in [1.29, 1.82) is 0 Å². The zero-order valence-electron chi connectivity index (χ0n) is 16.2. The van der Waals surface area contributed by atoms with Crippen LogP contribution in [0.5, 0.6) is 0 Å². The number of nitrogens with one attached hydrogen (secondary N) is 2. The minimum Gasteiger partial charge on any atom is -0.357 e. The van der Waals surface area contributed by atoms with Crippen LogP contribution in [0.25, 0.3) is 0 Å². The van der Waals surface area contributed by atoms with Crippen molar-refractivity contribution >= 4 is 27.1 Å². The van der Waals surface area contributed by atoms with Crippen LogP contribution in [-0.4, -0.2) is 45.3 Å². The highest BCUT2D eigenvalue weighted by molar-refractivity contribution is 7.90. The fourth-order valence-electron chi connectivity index (χ4n) is 2.51. The molecule has 1 aromatic carbocycles. The number of hydrogen-bond donors (Lipinski definition) is 2. The third-order valence-corrected chi connectivity index (χ3v) is 6.04. The molecule has 0 aliphatic carbocycles. The predicted molar refractivity (Wildman–Crippen MR) is 112 cm³/mol. The van der Waals surface area contributed by atoms with Gasteiger partial charge in [0, 0.05) is 43.4 Å². The van der Waals surface area contributed by atoms with E-state index < -0.39 is 9.84 Å². The second kappa shape index (κ2) is 10.4. The Kier molecular flexibility index (Phi) is 8.24. The van der Waals surface area contributed by atoms with Crippen LogP contribution in [0.3, 0.4) is 0 Å². The van der Waals surface area contributed by atoms with Crippen LogP contribution in [0, 0.1) is 6.92 Å². The van der Waals surface area contributed by atoms with E-state index in [0.717, 1.165) is 56.1 Å². The SMILES string of the molecule is CCNC(=NCCCc1nc(C)cs1)NCCc1ccc(S(C)(=O)=O)cc1. The molecule has 8 heteroatoms. The van der Waals surface area contributed by atoms with Crippen LogP contribution in [0.15, 0.2) is 39.5 Å². The zero-order valence-corrected chi connectivity index (χ0v) is 17.8. The second-order valence-corrected chi connectivity index (χ2v) is 9.30. The monoisotopic (exact) mass is 408 g/mol. The molecule has 0 atom stereocenters. The average Bonchev–Trinajstić information content (AvgIpc) is 3.03. The van der Waals surface area contributed by atoms with E-state index in [2.05, 4.69) is 26.0 Å². The summed E-state index contributed by atoms with van der Waals surface area (Å²) in [5.74, 6) is 0.806. The van der Waals surface area contributed by atoms with Crippen molar-refractivity contribution in [3.05, 3.63) is 45.9 Å². The molecule has 0 aliphatic rings. The van der Waals surface area contributed by atoms with Gasteiger partial charge in [-0.15, -0.1) is 11.3 Å². The fourth-order valence-corrected chi connectivity index (χ4v) is 3.96. The van der Waals surface area contributed by atoms with Gasteiger partial charge in [-0.1, -0.05) is 12.1 Å². The van der Waals surface area contributed by atoms with Gasteiger partial charge in [-0.05, 0) is 44.4 Å². The fraction of sp³-hybridized carbons (Fsp3) is 0.474. The topological polar surface area (TPSA) is 83.4 Å². The zero-order chi connectivity index (χ0) is 19.7. The van der Waals surface area contributed by atoms with Crippen molar-refractivity contribution in [2.75, 3.05) is 25.9 Å². The molecule has 27 heavy (non-hydrogen) atoms. The number of aryl methyl sites for hydroxylation is 2. The van der Waals surface area contributed by atoms with Gasteiger partial charge < -0.3 is 10.6 Å². The summed E-state index contributed by atoms with van der Waals surface area (Å²) in [5, 5.41) is 9.81. The van der Waals surface area contributed by atoms with Crippen LogP contribution < -0.4 is 10.6 Å². The lowest BCUT2D eigenvalue weighted by Crippen LogP contribution is -2.38. The first-order chi connectivity index (χ1) is 12.9. The number of aromatic nitrogens is 1. The van der Waals surface area contributed by atoms with E-state index >= 15 is 0 Å². The highest BCUT2D eigenvalue weighted by atomic mass is 32.2. The van der Waals surface area contributed by atoms with E-state index in [1.165, 1.54) is 11.3 Å². The van der Waals surface area contributed by atoms with Crippen molar-refractivity contribution in [2.24, 2.45) is 4.99 Å². The Morgan fingerprint density at radius 1 is 1.19 bits per heavy atom. The summed E-state index contributed by atoms with van der Waals surface area (Å²) in [6.07, 6.45) is 3.94. The standard InChI is InChI=1S/C19H28N4O2S2/c1-4-20-19(21-12-5-6-18-23-15(2)14-26-18)22-13-11-16-7-9-17(10-8-16)27(3,24)25/h7-10,14H,4-6,11-13H2,1-3H3,(H2,20,21,22). The van der Waals surface area contributed by atoms with Crippen molar-refractivity contribution in [2.45, 2.75) is 38.0 Å². The van der Waals surface area contributed by atoms with E-state index in [1.54, 1.807) is 23.5 Å². The number of benzene rings is 1. The molecule has 0 amide bonds. The van der Waals surface area contributed by atoms with Crippen LogP contribution in [0.2, 0.25) is 0 Å². The van der Waals surface area contributed by atoms with Crippen LogP contribution >= 0.6 is 11.3 Å². The molecular formula is C19H28N4O2S2. The first-order valence-electron chi connectivity index (χ1n) is 9.10. The molecule has 2 rings (SSSR count). The molecule has 6 nitrogen and oxygen atoms in total. The summed E-state index contributed by atoms with van der Waals surface area (Å²) < 4.78 is 23.0. The van der Waals surface area contributed by atoms with Gasteiger partial charge in [0.15, 0.2) is 15.8 Å². The Balaban J connectivity index is 1.77. The Morgan fingerprint density at radius 3 is 2.52 bits per heavy atom. The van der Waals surface area contributed by atoms with E-state index in [4.69, 9.17) is 0 Å². The second-order valence-electron chi connectivity index (χ2n) is 6.34. The maximum atomic E-state index is 11.5. The number of thiazole rings is 1. The first kappa shape index (κ1) is 21.4. The molecule has 0 radical (unpaired) electrons. The number of rotatable bonds is 9. The number of guanidine groups is 1. The lowest BCUT2D eigenvalue weighted by atomic mass is 10.1. The molecule has 0 unspecified atom stereocenters. The summed E-state index contributed by atoms with van der Waals surface area (Å²) in [7, 11) is -3.14. The third kappa shape index (κ3) is 7.68. The highest BCUT2D eigenvalue weighted by Crippen LogP contribution is 2.11. The van der Waals surface area contributed by atoms with Gasteiger partial charge in [-0.25, -0.2) is 13.4 Å². The van der Waals surface area contributed by atoms with E-state index in [9.17, 15) is 8.42 Å². The number of nitrogens with zero attached hydrogens (tertiary/aromatic N) is 2. The van der Waals surface area contributed by atoms with Crippen molar-refractivity contribution in [1.82, 2.24) is 15.6 Å². The number of aliphatic imine (C=N–C) groups is 1. The predicted octanol–water partition coefficient (Wildman–Crippen LogP) is 2.59. The highest BCUT2D eigenvalue weighted by Gasteiger charge is 2.06. The van der Waals surface area contributed by atoms with Crippen molar-refractivity contribution in [3.8, 4) is 0 Å². The molecule has 1 heterocycles. The van der Waals surface area contributed by atoms with Crippen molar-refractivity contribution < 1.29 is 8.42 Å². The van der Waals surface area contributed by atoms with E-state index in [1.807, 2.05) is 26.0 Å². The van der Waals surface area contributed by atoms with Gasteiger partial charge in [-0.3, -0.25) is 4.99 Å². The normalized spacial score (nSPS) is 12.2. The van der Waals surface area contributed by atoms with E-state index in [0.29, 0.717) is 4.90 Å². The summed E-state index contributed by atoms with van der Waals surface area (Å²) in [6.45, 7) is 6.34. The summed E-state index contributed by atoms with van der Waals surface area (Å²) in [5.41, 5.74) is 2.17. The molecule has 0 saturated carbocycles. The Hall–Kier alpha value is -1.93. The average molecular weight is 409 g/mol. The lowest BCUT2D eigenvalue weighted by molar-refractivity contribution is 0.602. The Bertz CT molecular complexity index is 843. The largest absolute Gasteiger partial charge is 0.357 e. The molecule has 2 aromatic rings. The number of hydrogen-bond acceptors (Lipinski definition) is 5. The summed E-state index contributed by atoms with van der Waals surface area (Å²) in [4.78, 5) is 9.43. The van der Waals surface area contributed by atoms with Gasteiger partial charge in [0.2, 0.25) is 0 Å². The van der Waals surface area contributed by atoms with Crippen LogP contribution in [0.1, 0.15) is 29.6 Å². The Labute approximate surface area is 166 Å². The van der Waals surface area contributed by atoms with Gasteiger partial charge >= 0.3 is 0 Å². The van der Waals surface area contributed by atoms with Gasteiger partial charge in [-0.2, -0.15) is 0 Å². The number of sulfone groups is 1. The van der Waals surface area contributed by atoms with Gasteiger partial charge in [0.05, 0.1) is 9.90 Å². The van der Waals surface area contributed by atoms with Gasteiger partial charge in [0.25, 0.3) is 0 Å². The Morgan fingerprint density at radius 2 is 1.93 bits per heavy atom. The molecule has 0 aliphatic heterocycles. The molecule has 0 bridgehead atoms. The molecule has 148 valence electrons. The molecule has 2 N–H and O–H groups in total. The van der Waals surface area contributed by atoms with Gasteiger partial charge in [0.1, 0.15) is 0 Å². The maximum absolute atomic E-state index is 11.5. The molecule has 0 spiro atoms. The van der Waals surface area contributed by atoms with Crippen molar-refractivity contribution in [3.63, 3.8) is 0 Å². The molecular weight excluding hydrogens is 380 g/mol. The quantitative estimate of drug-likeness (QED) is 0.379. The van der Waals surface area contributed by atoms with Crippen LogP contribution in [-0.2, 0) is 22.7 Å². The molecule has 0 fully saturated rings. The third-order valence-electron chi connectivity index (χ3n) is 3.89. The lowest BCUT2D eigenvalue weighted by Gasteiger charge is -2.11.